The van der Waals surface area contributed by atoms with Gasteiger partial charge in [-0.25, -0.2) is 9.37 Å². The Morgan fingerprint density at radius 1 is 1.32 bits per heavy atom. The molecule has 7 nitrogen and oxygen atoms in total. The standard InChI is InChI=1S/C18H17FN4OS.C3H6O2S/c1-18(2,15-10-25-17(20)23-15)16(24)22-14-6-5-11(8-13(14)19)12-4-3-7-21-9-12;4-6(5)3-1-2-3/h3-10H,1-2H3,(H2,20,23)(H,22,24);3H,1-2H2,(H,4,5)/p-1. The van der Waals surface area contributed by atoms with Crippen LogP contribution in [0.4, 0.5) is 15.2 Å². The fourth-order valence-corrected chi connectivity index (χ4v) is 3.81. The number of aromatic nitrogens is 2. The fraction of sp³-hybridized carbons (Fsp3) is 0.286. The molecule has 1 amide bonds. The number of hydrogen-bond acceptors (Lipinski definition) is 7. The van der Waals surface area contributed by atoms with Gasteiger partial charge in [-0.05, 0) is 50.5 Å². The smallest absolute Gasteiger partial charge is 0.236 e. The Bertz CT molecular complexity index is 1090. The van der Waals surface area contributed by atoms with Crippen molar-refractivity contribution in [3.05, 3.63) is 59.6 Å². The lowest BCUT2D eigenvalue weighted by Gasteiger charge is -2.21. The number of benzene rings is 1. The molecule has 1 fully saturated rings. The van der Waals surface area contributed by atoms with Crippen LogP contribution < -0.4 is 11.1 Å². The van der Waals surface area contributed by atoms with Crippen molar-refractivity contribution in [2.75, 3.05) is 11.1 Å². The van der Waals surface area contributed by atoms with Crippen molar-refractivity contribution in [1.29, 1.82) is 0 Å². The van der Waals surface area contributed by atoms with Gasteiger partial charge in [0.15, 0.2) is 5.13 Å². The molecule has 1 saturated carbocycles. The van der Waals surface area contributed by atoms with E-state index in [0.29, 0.717) is 16.4 Å². The zero-order chi connectivity index (χ0) is 22.6. The Morgan fingerprint density at radius 2 is 2.06 bits per heavy atom. The first-order valence-corrected chi connectivity index (χ1v) is 11.5. The monoisotopic (exact) mass is 461 g/mol. The summed E-state index contributed by atoms with van der Waals surface area (Å²) in [6, 6.07) is 8.28. The van der Waals surface area contributed by atoms with Gasteiger partial charge in [0, 0.05) is 28.6 Å². The molecule has 2 aromatic heterocycles. The number of nitrogens with one attached hydrogen (secondary N) is 1. The summed E-state index contributed by atoms with van der Waals surface area (Å²) in [7, 11) is 0. The average Bonchev–Trinajstić information content (AvgIpc) is 3.51. The molecule has 164 valence electrons. The van der Waals surface area contributed by atoms with E-state index in [0.717, 1.165) is 18.4 Å². The van der Waals surface area contributed by atoms with Crippen LogP contribution in [0.15, 0.2) is 48.1 Å². The van der Waals surface area contributed by atoms with E-state index in [1.165, 1.54) is 17.4 Å². The Balaban J connectivity index is 0.000000391. The normalized spacial score (nSPS) is 14.3. The Kier molecular flexibility index (Phi) is 7.14. The van der Waals surface area contributed by atoms with Crippen LogP contribution in [0.2, 0.25) is 0 Å². The van der Waals surface area contributed by atoms with Crippen molar-refractivity contribution in [1.82, 2.24) is 9.97 Å². The number of carbonyl (C=O) groups excluding carboxylic acids is 1. The summed E-state index contributed by atoms with van der Waals surface area (Å²) in [6.45, 7) is 3.44. The second kappa shape index (κ2) is 9.63. The molecule has 0 bridgehead atoms. The maximum Gasteiger partial charge on any atom is 0.236 e. The van der Waals surface area contributed by atoms with Gasteiger partial charge in [-0.3, -0.25) is 14.0 Å². The van der Waals surface area contributed by atoms with E-state index >= 15 is 0 Å². The minimum atomic E-state index is -1.76. The highest BCUT2D eigenvalue weighted by Crippen LogP contribution is 2.29. The van der Waals surface area contributed by atoms with E-state index in [-0.39, 0.29) is 16.8 Å². The van der Waals surface area contributed by atoms with Gasteiger partial charge in [0.2, 0.25) is 5.91 Å². The van der Waals surface area contributed by atoms with E-state index in [2.05, 4.69) is 15.3 Å². The van der Waals surface area contributed by atoms with Crippen LogP contribution in [0.1, 0.15) is 32.4 Å². The summed E-state index contributed by atoms with van der Waals surface area (Å²) in [4.78, 5) is 20.8. The van der Waals surface area contributed by atoms with Crippen molar-refractivity contribution in [2.24, 2.45) is 0 Å². The molecule has 0 saturated heterocycles. The van der Waals surface area contributed by atoms with Crippen molar-refractivity contribution < 1.29 is 17.9 Å². The first-order valence-electron chi connectivity index (χ1n) is 9.49. The average molecular weight is 462 g/mol. The minimum Gasteiger partial charge on any atom is -0.772 e. The third-order valence-corrected chi connectivity index (χ3v) is 6.43. The third kappa shape index (κ3) is 5.93. The van der Waals surface area contributed by atoms with Crippen LogP contribution in [0.5, 0.6) is 0 Å². The fourth-order valence-electron chi connectivity index (χ4n) is 2.56. The molecule has 0 radical (unpaired) electrons. The van der Waals surface area contributed by atoms with Crippen LogP contribution in [0.25, 0.3) is 11.1 Å². The van der Waals surface area contributed by atoms with E-state index in [1.54, 1.807) is 49.8 Å². The first-order chi connectivity index (χ1) is 14.7. The minimum absolute atomic E-state index is 0.0185. The molecule has 1 atom stereocenters. The molecule has 3 aromatic rings. The molecular formula is C21H22FN4O3S2-. The summed E-state index contributed by atoms with van der Waals surface area (Å²) in [5, 5.41) is 4.77. The molecular weight excluding hydrogens is 439 g/mol. The van der Waals surface area contributed by atoms with Gasteiger partial charge >= 0.3 is 0 Å². The number of rotatable bonds is 5. The second-order valence-electron chi connectivity index (χ2n) is 7.55. The van der Waals surface area contributed by atoms with Gasteiger partial charge in [0.05, 0.1) is 16.8 Å². The number of amides is 1. The molecule has 1 aliphatic carbocycles. The lowest BCUT2D eigenvalue weighted by Crippen LogP contribution is -2.35. The molecule has 4 rings (SSSR count). The number of halogens is 1. The zero-order valence-corrected chi connectivity index (χ0v) is 18.6. The highest BCUT2D eigenvalue weighted by molar-refractivity contribution is 7.80. The van der Waals surface area contributed by atoms with Gasteiger partial charge in [-0.2, -0.15) is 0 Å². The number of thiazole rings is 1. The van der Waals surface area contributed by atoms with Crippen molar-refractivity contribution in [3.63, 3.8) is 0 Å². The van der Waals surface area contributed by atoms with Gasteiger partial charge < -0.3 is 15.6 Å². The van der Waals surface area contributed by atoms with Crippen LogP contribution in [0.3, 0.4) is 0 Å². The molecule has 2 heterocycles. The number of nitrogens with zero attached hydrogens (tertiary/aromatic N) is 2. The third-order valence-electron chi connectivity index (χ3n) is 4.74. The molecule has 10 heteroatoms. The largest absolute Gasteiger partial charge is 0.772 e. The van der Waals surface area contributed by atoms with Gasteiger partial charge in [0.1, 0.15) is 5.82 Å². The second-order valence-corrected chi connectivity index (χ2v) is 9.62. The zero-order valence-electron chi connectivity index (χ0n) is 17.0. The number of carbonyl (C=O) groups is 1. The first kappa shape index (κ1) is 23.0. The summed E-state index contributed by atoms with van der Waals surface area (Å²) in [5.74, 6) is -0.867. The van der Waals surface area contributed by atoms with E-state index in [4.69, 9.17) is 5.73 Å². The molecule has 0 aliphatic heterocycles. The lowest BCUT2D eigenvalue weighted by atomic mass is 9.89. The van der Waals surface area contributed by atoms with E-state index < -0.39 is 22.3 Å². The van der Waals surface area contributed by atoms with Crippen molar-refractivity contribution in [3.8, 4) is 11.1 Å². The molecule has 1 aliphatic rings. The van der Waals surface area contributed by atoms with Crippen LogP contribution >= 0.6 is 11.3 Å². The van der Waals surface area contributed by atoms with Gasteiger partial charge in [-0.15, -0.1) is 11.3 Å². The Labute approximate surface area is 186 Å². The summed E-state index contributed by atoms with van der Waals surface area (Å²) in [5.41, 5.74) is 6.87. The SMILES string of the molecule is CC(C)(C(=O)Nc1ccc(-c2cccnc2)cc1F)c1csc(N)n1.O=S([O-])C1CC1. The predicted octanol–water partition coefficient (Wildman–Crippen LogP) is 3.87. The molecule has 0 spiro atoms. The molecule has 1 unspecified atom stereocenters. The number of nitrogen functional groups attached to an aromatic ring is 1. The highest BCUT2D eigenvalue weighted by atomic mass is 32.2. The summed E-state index contributed by atoms with van der Waals surface area (Å²) in [6.07, 6.45) is 5.08. The Hall–Kier alpha value is -2.69. The molecule has 31 heavy (non-hydrogen) atoms. The summed E-state index contributed by atoms with van der Waals surface area (Å²) < 4.78 is 33.9. The van der Waals surface area contributed by atoms with Crippen molar-refractivity contribution in [2.45, 2.75) is 37.4 Å². The maximum absolute atomic E-state index is 14.4. The Morgan fingerprint density at radius 3 is 2.55 bits per heavy atom. The topological polar surface area (TPSA) is 121 Å². The quantitative estimate of drug-likeness (QED) is 0.557. The van der Waals surface area contributed by atoms with Crippen molar-refractivity contribution >= 4 is 39.1 Å². The highest BCUT2D eigenvalue weighted by Gasteiger charge is 2.32. The molecule has 3 N–H and O–H groups in total. The lowest BCUT2D eigenvalue weighted by molar-refractivity contribution is -0.120. The molecule has 1 aromatic carbocycles. The number of anilines is 2. The van der Waals surface area contributed by atoms with Gasteiger partial charge in [-0.1, -0.05) is 23.2 Å². The van der Waals surface area contributed by atoms with E-state index in [9.17, 15) is 17.9 Å². The number of hydrogen-bond donors (Lipinski definition) is 2. The van der Waals surface area contributed by atoms with Gasteiger partial charge in [0.25, 0.3) is 0 Å². The number of nitrogens with two attached hydrogens (primary N) is 1. The van der Waals surface area contributed by atoms with E-state index in [1.807, 2.05) is 6.07 Å². The number of pyridine rings is 1. The van der Waals surface area contributed by atoms with Crippen LogP contribution in [-0.4, -0.2) is 29.9 Å². The predicted molar refractivity (Wildman–Crippen MR) is 120 cm³/mol. The maximum atomic E-state index is 14.4. The van der Waals surface area contributed by atoms with Crippen LogP contribution in [-0.2, 0) is 21.3 Å². The summed E-state index contributed by atoms with van der Waals surface area (Å²) >= 11 is -0.492. The van der Waals surface area contributed by atoms with Crippen LogP contribution in [0, 0.1) is 5.82 Å².